The van der Waals surface area contributed by atoms with Crippen LogP contribution in [0.15, 0.2) is 52.4 Å². The van der Waals surface area contributed by atoms with Gasteiger partial charge in [0.25, 0.3) is 11.8 Å². The van der Waals surface area contributed by atoms with E-state index in [1.54, 1.807) is 48.5 Å². The van der Waals surface area contributed by atoms with Crippen LogP contribution in [-0.4, -0.2) is 24.1 Å². The van der Waals surface area contributed by atoms with Crippen molar-refractivity contribution in [1.29, 1.82) is 0 Å². The molecule has 1 fully saturated rings. The largest absolute Gasteiger partial charge is 0.495 e. The summed E-state index contributed by atoms with van der Waals surface area (Å²) in [6, 6.07) is 11.5. The predicted molar refractivity (Wildman–Crippen MR) is 105 cm³/mol. The third-order valence-electron chi connectivity index (χ3n) is 3.42. The molecule has 1 aliphatic rings. The Labute approximate surface area is 164 Å². The smallest absolute Gasteiger partial charge is 0.279 e. The van der Waals surface area contributed by atoms with Gasteiger partial charge in [-0.15, -0.1) is 0 Å². The number of aliphatic imine (C=N–C) groups is 1. The lowest BCUT2D eigenvalue weighted by atomic mass is 10.2. The van der Waals surface area contributed by atoms with Gasteiger partial charge in [0.1, 0.15) is 5.75 Å². The third kappa shape index (κ3) is 4.27. The molecule has 132 valence electrons. The van der Waals surface area contributed by atoms with Gasteiger partial charge in [-0.2, -0.15) is 4.99 Å². The van der Waals surface area contributed by atoms with E-state index in [4.69, 9.17) is 27.9 Å². The Morgan fingerprint density at radius 2 is 1.92 bits per heavy atom. The van der Waals surface area contributed by atoms with Gasteiger partial charge in [-0.05, 0) is 59.8 Å². The van der Waals surface area contributed by atoms with Gasteiger partial charge in [-0.3, -0.25) is 9.59 Å². The summed E-state index contributed by atoms with van der Waals surface area (Å²) in [6.45, 7) is 0. The first kappa shape index (κ1) is 18.5. The molecule has 0 unspecified atom stereocenters. The van der Waals surface area contributed by atoms with Crippen molar-refractivity contribution in [1.82, 2.24) is 5.32 Å². The van der Waals surface area contributed by atoms with Crippen molar-refractivity contribution >= 4 is 58.0 Å². The molecular weight excluding hydrogens is 395 g/mol. The Balaban J connectivity index is 1.78. The zero-order valence-corrected chi connectivity index (χ0v) is 15.8. The minimum absolute atomic E-state index is 0.223. The van der Waals surface area contributed by atoms with Crippen LogP contribution in [0.1, 0.15) is 15.9 Å². The second kappa shape index (κ2) is 7.95. The van der Waals surface area contributed by atoms with Gasteiger partial charge in [-0.1, -0.05) is 29.3 Å². The van der Waals surface area contributed by atoms with E-state index in [0.717, 1.165) is 17.3 Å². The highest BCUT2D eigenvalue weighted by molar-refractivity contribution is 8.18. The minimum Gasteiger partial charge on any atom is -0.495 e. The maximum Gasteiger partial charge on any atom is 0.279 e. The van der Waals surface area contributed by atoms with E-state index < -0.39 is 5.91 Å². The second-order valence-corrected chi connectivity index (χ2v) is 7.06. The van der Waals surface area contributed by atoms with Crippen molar-refractivity contribution < 1.29 is 14.3 Å². The van der Waals surface area contributed by atoms with Crippen LogP contribution in [-0.2, 0) is 4.79 Å². The van der Waals surface area contributed by atoms with Crippen LogP contribution < -0.4 is 10.1 Å². The van der Waals surface area contributed by atoms with Gasteiger partial charge in [0, 0.05) is 10.6 Å². The number of amides is 2. The molecule has 0 radical (unpaired) electrons. The van der Waals surface area contributed by atoms with Crippen molar-refractivity contribution in [2.75, 3.05) is 7.11 Å². The first-order chi connectivity index (χ1) is 12.5. The van der Waals surface area contributed by atoms with Crippen LogP contribution in [0, 0.1) is 0 Å². The number of nitrogens with zero attached hydrogens (tertiary/aromatic N) is 1. The highest BCUT2D eigenvalue weighted by Gasteiger charge is 2.24. The SMILES string of the molecule is COc1ccc(/C=C2\SC(=NC(=O)c3ccc(Cl)cc3)NC2=O)cc1Cl. The number of nitrogens with one attached hydrogen (secondary N) is 1. The molecule has 1 saturated heterocycles. The lowest BCUT2D eigenvalue weighted by Crippen LogP contribution is -2.20. The Kier molecular flexibility index (Phi) is 5.66. The molecule has 0 atom stereocenters. The Hall–Kier alpha value is -2.28. The van der Waals surface area contributed by atoms with E-state index in [1.807, 2.05) is 0 Å². The van der Waals surface area contributed by atoms with Gasteiger partial charge in [0.15, 0.2) is 5.17 Å². The fourth-order valence-corrected chi connectivity index (χ4v) is 3.36. The molecule has 1 aliphatic heterocycles. The Bertz CT molecular complexity index is 940. The topological polar surface area (TPSA) is 67.8 Å². The number of ether oxygens (including phenoxy) is 1. The number of carbonyl (C=O) groups excluding carboxylic acids is 2. The van der Waals surface area contributed by atoms with Gasteiger partial charge in [0.05, 0.1) is 17.0 Å². The van der Waals surface area contributed by atoms with Crippen molar-refractivity contribution in [3.05, 3.63) is 68.5 Å². The Morgan fingerprint density at radius 3 is 2.58 bits per heavy atom. The number of hydrogen-bond acceptors (Lipinski definition) is 4. The summed E-state index contributed by atoms with van der Waals surface area (Å²) in [6.07, 6.45) is 1.67. The van der Waals surface area contributed by atoms with Gasteiger partial charge >= 0.3 is 0 Å². The molecule has 0 spiro atoms. The number of thioether (sulfide) groups is 1. The van der Waals surface area contributed by atoms with E-state index >= 15 is 0 Å². The molecule has 2 amide bonds. The van der Waals surface area contributed by atoms with Crippen molar-refractivity contribution in [3.63, 3.8) is 0 Å². The summed E-state index contributed by atoms with van der Waals surface area (Å²) in [5, 5.41) is 3.77. The summed E-state index contributed by atoms with van der Waals surface area (Å²) in [7, 11) is 1.53. The molecule has 0 aliphatic carbocycles. The number of amidine groups is 1. The maximum atomic E-state index is 12.2. The molecule has 1 heterocycles. The highest BCUT2D eigenvalue weighted by Crippen LogP contribution is 2.30. The van der Waals surface area contributed by atoms with E-state index in [1.165, 1.54) is 7.11 Å². The monoisotopic (exact) mass is 406 g/mol. The van der Waals surface area contributed by atoms with Crippen LogP contribution in [0.2, 0.25) is 10.0 Å². The van der Waals surface area contributed by atoms with Gasteiger partial charge in [-0.25, -0.2) is 0 Å². The number of benzene rings is 2. The fourth-order valence-electron chi connectivity index (χ4n) is 2.15. The fraction of sp³-hybridized carbons (Fsp3) is 0.0556. The van der Waals surface area contributed by atoms with Gasteiger partial charge < -0.3 is 10.1 Å². The molecule has 2 aromatic carbocycles. The van der Waals surface area contributed by atoms with E-state index in [0.29, 0.717) is 26.3 Å². The molecule has 3 rings (SSSR count). The number of carbonyl (C=O) groups is 2. The number of halogens is 2. The maximum absolute atomic E-state index is 12.2. The van der Waals surface area contributed by atoms with Crippen molar-refractivity contribution in [2.45, 2.75) is 0 Å². The van der Waals surface area contributed by atoms with E-state index in [2.05, 4.69) is 10.3 Å². The standard InChI is InChI=1S/C18H12Cl2N2O3S/c1-25-14-7-2-10(8-13(14)20)9-15-17(24)22-18(26-15)21-16(23)11-3-5-12(19)6-4-11/h2-9H,1H3,(H,21,22,23,24)/b15-9-. The summed E-state index contributed by atoms with van der Waals surface area (Å²) < 4.78 is 5.10. The summed E-state index contributed by atoms with van der Waals surface area (Å²) >= 11 is 13.0. The molecule has 8 heteroatoms. The van der Waals surface area contributed by atoms with Crippen LogP contribution in [0.4, 0.5) is 0 Å². The average Bonchev–Trinajstić information content (AvgIpc) is 2.94. The van der Waals surface area contributed by atoms with Gasteiger partial charge in [0.2, 0.25) is 0 Å². The van der Waals surface area contributed by atoms with Crippen LogP contribution in [0.5, 0.6) is 5.75 Å². The molecule has 2 aromatic rings. The molecule has 0 bridgehead atoms. The minimum atomic E-state index is -0.460. The summed E-state index contributed by atoms with van der Waals surface area (Å²) in [5.41, 5.74) is 1.12. The second-order valence-electron chi connectivity index (χ2n) is 5.19. The van der Waals surface area contributed by atoms with Crippen molar-refractivity contribution in [3.8, 4) is 5.75 Å². The number of rotatable bonds is 3. The highest BCUT2D eigenvalue weighted by atomic mass is 35.5. The average molecular weight is 407 g/mol. The lowest BCUT2D eigenvalue weighted by Gasteiger charge is -2.03. The Morgan fingerprint density at radius 1 is 1.19 bits per heavy atom. The zero-order valence-electron chi connectivity index (χ0n) is 13.5. The number of hydrogen-bond donors (Lipinski definition) is 1. The molecule has 0 aromatic heterocycles. The normalized spacial score (nSPS) is 16.8. The first-order valence-corrected chi connectivity index (χ1v) is 8.96. The molecule has 0 saturated carbocycles. The summed E-state index contributed by atoms with van der Waals surface area (Å²) in [5.74, 6) is -0.240. The van der Waals surface area contributed by atoms with Crippen molar-refractivity contribution in [2.24, 2.45) is 4.99 Å². The van der Waals surface area contributed by atoms with E-state index in [9.17, 15) is 9.59 Å². The van der Waals surface area contributed by atoms with Crippen LogP contribution in [0.25, 0.3) is 6.08 Å². The molecule has 5 nitrogen and oxygen atoms in total. The van der Waals surface area contributed by atoms with E-state index in [-0.39, 0.29) is 11.1 Å². The molecular formula is C18H12Cl2N2O3S. The number of methoxy groups -OCH3 is 1. The quantitative estimate of drug-likeness (QED) is 0.766. The lowest BCUT2D eigenvalue weighted by molar-refractivity contribution is -0.115. The molecule has 26 heavy (non-hydrogen) atoms. The zero-order chi connectivity index (χ0) is 18.7. The third-order valence-corrected chi connectivity index (χ3v) is 4.88. The first-order valence-electron chi connectivity index (χ1n) is 7.39. The summed E-state index contributed by atoms with van der Waals surface area (Å²) in [4.78, 5) is 28.6. The van der Waals surface area contributed by atoms with Crippen LogP contribution >= 0.6 is 35.0 Å². The van der Waals surface area contributed by atoms with Crippen LogP contribution in [0.3, 0.4) is 0 Å². The molecule has 1 N–H and O–H groups in total. The predicted octanol–water partition coefficient (Wildman–Crippen LogP) is 4.40.